The van der Waals surface area contributed by atoms with Crippen molar-refractivity contribution in [2.45, 2.75) is 25.3 Å². The zero-order valence-electron chi connectivity index (χ0n) is 17.4. The van der Waals surface area contributed by atoms with Crippen molar-refractivity contribution in [1.82, 2.24) is 19.8 Å². The molecular formula is C17H33F3IN5O3S. The van der Waals surface area contributed by atoms with E-state index in [1.165, 1.54) is 0 Å². The highest BCUT2D eigenvalue weighted by molar-refractivity contribution is 14.0. The van der Waals surface area contributed by atoms with Crippen LogP contribution < -0.4 is 10.6 Å². The van der Waals surface area contributed by atoms with Gasteiger partial charge in [0.05, 0.1) is 13.2 Å². The fraction of sp³-hybridized carbons (Fsp3) is 0.941. The van der Waals surface area contributed by atoms with Gasteiger partial charge in [-0.25, -0.2) is 8.42 Å². The Bertz CT molecular complexity index is 637. The molecule has 2 N–H and O–H groups in total. The lowest BCUT2D eigenvalue weighted by Crippen LogP contribution is -2.48. The monoisotopic (exact) mass is 571 g/mol. The summed E-state index contributed by atoms with van der Waals surface area (Å²) in [5.41, 5.74) is -5.23. The van der Waals surface area contributed by atoms with Crippen LogP contribution in [0.1, 0.15) is 19.8 Å². The van der Waals surface area contributed by atoms with Gasteiger partial charge in [0, 0.05) is 52.9 Å². The zero-order valence-corrected chi connectivity index (χ0v) is 20.6. The average molecular weight is 571 g/mol. The SMILES string of the molecule is CN=C(NCC(C)CN1CCOCC1)NCC1CCN(S(=O)(=O)C(F)(F)F)CC1.I. The first-order chi connectivity index (χ1) is 13.6. The quantitative estimate of drug-likeness (QED) is 0.273. The Kier molecular flexibility index (Phi) is 11.6. The smallest absolute Gasteiger partial charge is 0.379 e. The fourth-order valence-corrected chi connectivity index (χ4v) is 4.51. The maximum absolute atomic E-state index is 12.6. The topological polar surface area (TPSA) is 86.3 Å². The van der Waals surface area contributed by atoms with Crippen LogP contribution in [0, 0.1) is 11.8 Å². The van der Waals surface area contributed by atoms with E-state index in [4.69, 9.17) is 4.74 Å². The number of morpholine rings is 1. The number of alkyl halides is 3. The molecule has 0 bridgehead atoms. The molecule has 0 spiro atoms. The van der Waals surface area contributed by atoms with Crippen LogP contribution in [-0.4, -0.2) is 95.2 Å². The number of aliphatic imine (C=N–C) groups is 1. The molecule has 1 unspecified atom stereocenters. The van der Waals surface area contributed by atoms with E-state index in [0.717, 1.165) is 39.4 Å². The third-order valence-corrected chi connectivity index (χ3v) is 6.91. The van der Waals surface area contributed by atoms with Crippen LogP contribution >= 0.6 is 24.0 Å². The van der Waals surface area contributed by atoms with Crippen LogP contribution in [0.4, 0.5) is 13.2 Å². The van der Waals surface area contributed by atoms with Crippen molar-refractivity contribution in [2.75, 3.05) is 66.1 Å². The van der Waals surface area contributed by atoms with E-state index in [-0.39, 0.29) is 43.0 Å². The van der Waals surface area contributed by atoms with Gasteiger partial charge in [-0.1, -0.05) is 6.92 Å². The minimum atomic E-state index is -5.23. The number of piperidine rings is 1. The van der Waals surface area contributed by atoms with Gasteiger partial charge in [0.15, 0.2) is 5.96 Å². The second-order valence-electron chi connectivity index (χ2n) is 7.65. The molecule has 0 amide bonds. The second kappa shape index (κ2) is 12.6. The summed E-state index contributed by atoms with van der Waals surface area (Å²) in [7, 11) is -3.56. The summed E-state index contributed by atoms with van der Waals surface area (Å²) in [5.74, 6) is 1.16. The van der Waals surface area contributed by atoms with Crippen molar-refractivity contribution < 1.29 is 26.3 Å². The van der Waals surface area contributed by atoms with Crippen molar-refractivity contribution >= 4 is 40.0 Å². The van der Waals surface area contributed by atoms with Crippen LogP contribution in [0.2, 0.25) is 0 Å². The van der Waals surface area contributed by atoms with Gasteiger partial charge in [-0.15, -0.1) is 24.0 Å². The third kappa shape index (κ3) is 8.28. The molecule has 2 aliphatic heterocycles. The van der Waals surface area contributed by atoms with Gasteiger partial charge in [-0.05, 0) is 24.7 Å². The molecule has 2 heterocycles. The van der Waals surface area contributed by atoms with Crippen molar-refractivity contribution in [3.05, 3.63) is 0 Å². The number of hydrogen-bond donors (Lipinski definition) is 2. The van der Waals surface area contributed by atoms with Crippen LogP contribution in [0.15, 0.2) is 4.99 Å². The van der Waals surface area contributed by atoms with Gasteiger partial charge >= 0.3 is 15.5 Å². The number of sulfonamides is 1. The molecule has 13 heteroatoms. The van der Waals surface area contributed by atoms with Gasteiger partial charge in [-0.3, -0.25) is 9.89 Å². The Morgan fingerprint density at radius 1 is 1.17 bits per heavy atom. The number of rotatable bonds is 7. The van der Waals surface area contributed by atoms with Crippen molar-refractivity contribution in [3.8, 4) is 0 Å². The minimum absolute atomic E-state index is 0. The van der Waals surface area contributed by atoms with Crippen molar-refractivity contribution in [1.29, 1.82) is 0 Å². The van der Waals surface area contributed by atoms with Gasteiger partial charge in [-0.2, -0.15) is 17.5 Å². The summed E-state index contributed by atoms with van der Waals surface area (Å²) >= 11 is 0. The zero-order chi connectivity index (χ0) is 21.5. The van der Waals surface area contributed by atoms with E-state index in [1.54, 1.807) is 7.05 Å². The van der Waals surface area contributed by atoms with E-state index in [2.05, 4.69) is 27.4 Å². The molecule has 2 fully saturated rings. The molecule has 0 saturated carbocycles. The van der Waals surface area contributed by atoms with E-state index in [1.807, 2.05) is 0 Å². The first kappa shape index (κ1) is 27.7. The molecule has 30 heavy (non-hydrogen) atoms. The Morgan fingerprint density at radius 2 is 1.77 bits per heavy atom. The third-order valence-electron chi connectivity index (χ3n) is 5.28. The van der Waals surface area contributed by atoms with Crippen LogP contribution in [0.5, 0.6) is 0 Å². The first-order valence-electron chi connectivity index (χ1n) is 9.94. The molecule has 8 nitrogen and oxygen atoms in total. The summed E-state index contributed by atoms with van der Waals surface area (Å²) in [4.78, 5) is 6.55. The van der Waals surface area contributed by atoms with Gasteiger partial charge in [0.25, 0.3) is 0 Å². The number of halogens is 4. The predicted molar refractivity (Wildman–Crippen MR) is 120 cm³/mol. The summed E-state index contributed by atoms with van der Waals surface area (Å²) < 4.78 is 66.7. The van der Waals surface area contributed by atoms with E-state index < -0.39 is 15.5 Å². The highest BCUT2D eigenvalue weighted by atomic mass is 127. The summed E-state index contributed by atoms with van der Waals surface area (Å²) in [6.07, 6.45) is 0.763. The molecule has 2 aliphatic rings. The van der Waals surface area contributed by atoms with Crippen LogP contribution in [-0.2, 0) is 14.8 Å². The molecule has 0 radical (unpaired) electrons. The predicted octanol–water partition coefficient (Wildman–Crippen LogP) is 1.30. The van der Waals surface area contributed by atoms with Crippen molar-refractivity contribution in [2.24, 2.45) is 16.8 Å². The molecule has 0 aliphatic carbocycles. The maximum atomic E-state index is 12.6. The number of hydrogen-bond acceptors (Lipinski definition) is 5. The van der Waals surface area contributed by atoms with Gasteiger partial charge < -0.3 is 15.4 Å². The van der Waals surface area contributed by atoms with Crippen LogP contribution in [0.3, 0.4) is 0 Å². The molecule has 0 aromatic heterocycles. The molecule has 0 aromatic carbocycles. The highest BCUT2D eigenvalue weighted by Crippen LogP contribution is 2.30. The molecule has 0 aromatic rings. The number of nitrogens with one attached hydrogen (secondary N) is 2. The molecule has 178 valence electrons. The average Bonchev–Trinajstić information content (AvgIpc) is 2.68. The Labute approximate surface area is 194 Å². The second-order valence-corrected chi connectivity index (χ2v) is 9.57. The minimum Gasteiger partial charge on any atom is -0.379 e. The van der Waals surface area contributed by atoms with E-state index in [0.29, 0.717) is 35.6 Å². The normalized spacial score (nSPS) is 21.7. The summed E-state index contributed by atoms with van der Waals surface area (Å²) in [6, 6.07) is 0. The first-order valence-corrected chi connectivity index (χ1v) is 11.4. The number of nitrogens with zero attached hydrogens (tertiary/aromatic N) is 3. The summed E-state index contributed by atoms with van der Waals surface area (Å²) in [6.45, 7) is 7.62. The fourth-order valence-electron chi connectivity index (χ4n) is 3.52. The maximum Gasteiger partial charge on any atom is 0.511 e. The van der Waals surface area contributed by atoms with Gasteiger partial charge in [0.2, 0.25) is 0 Å². The largest absolute Gasteiger partial charge is 0.511 e. The molecule has 2 rings (SSSR count). The number of guanidine groups is 1. The lowest BCUT2D eigenvalue weighted by molar-refractivity contribution is -0.0496. The highest BCUT2D eigenvalue weighted by Gasteiger charge is 2.50. The number of ether oxygens (including phenoxy) is 1. The lowest BCUT2D eigenvalue weighted by Gasteiger charge is -2.32. The molecule has 1 atom stereocenters. The van der Waals surface area contributed by atoms with Crippen molar-refractivity contribution in [3.63, 3.8) is 0 Å². The van der Waals surface area contributed by atoms with E-state index in [9.17, 15) is 21.6 Å². The Balaban J connectivity index is 0.00000450. The van der Waals surface area contributed by atoms with Crippen LogP contribution in [0.25, 0.3) is 0 Å². The summed E-state index contributed by atoms with van der Waals surface area (Å²) in [5, 5.41) is 6.47. The molecular weight excluding hydrogens is 538 g/mol. The lowest BCUT2D eigenvalue weighted by atomic mass is 9.98. The van der Waals surface area contributed by atoms with E-state index >= 15 is 0 Å². The Morgan fingerprint density at radius 3 is 2.30 bits per heavy atom. The van der Waals surface area contributed by atoms with Gasteiger partial charge in [0.1, 0.15) is 0 Å². The Hall–Kier alpha value is -0.380. The molecule has 2 saturated heterocycles. The standard InChI is InChI=1S/C17H32F3N5O3S.HI/c1-14(13-24-7-9-28-10-8-24)11-22-16(21-2)23-12-15-3-5-25(6-4-15)29(26,27)17(18,19)20;/h14-15H,3-13H2,1-2H3,(H2,21,22,23);1H.